The normalized spacial score (nSPS) is 17.0. The zero-order valence-corrected chi connectivity index (χ0v) is 25.2. The van der Waals surface area contributed by atoms with Crippen LogP contribution in [0.5, 0.6) is 11.5 Å². The van der Waals surface area contributed by atoms with E-state index in [1.165, 1.54) is 44.1 Å². The number of likely N-dealkylation sites (N-methyl/N-ethyl adjacent to an activating group) is 1. The fraction of sp³-hybridized carbons (Fsp3) is 0.516. The average Bonchev–Trinajstić information content (AvgIpc) is 2.97. The third-order valence-electron chi connectivity index (χ3n) is 7.57. The van der Waals surface area contributed by atoms with Crippen LogP contribution in [0.25, 0.3) is 0 Å². The number of carboxylic acid groups (broad SMARTS) is 2. The van der Waals surface area contributed by atoms with Crippen LogP contribution in [-0.4, -0.2) is 73.4 Å². The average molecular weight is 587 g/mol. The van der Waals surface area contributed by atoms with E-state index in [1.54, 1.807) is 23.8 Å². The predicted molar refractivity (Wildman–Crippen MR) is 160 cm³/mol. The number of fused-ring (bicyclic) bond motifs is 1. The van der Waals surface area contributed by atoms with Crippen molar-refractivity contribution in [1.82, 2.24) is 4.90 Å². The third kappa shape index (κ3) is 9.13. The number of ether oxygens (including phenoxy) is 2. The molecule has 0 radical (unpaired) electrons. The van der Waals surface area contributed by atoms with Gasteiger partial charge < -0.3 is 29.5 Å². The molecule has 2 N–H and O–H groups in total. The first-order valence-electron chi connectivity index (χ1n) is 14.1. The topological polar surface area (TPSA) is 117 Å². The molecule has 1 atom stereocenters. The molecule has 2 aliphatic rings. The number of nitrogens with zero attached hydrogens (tertiary/aromatic N) is 2. The highest BCUT2D eigenvalue weighted by molar-refractivity contribution is 8.00. The van der Waals surface area contributed by atoms with Crippen molar-refractivity contribution in [3.05, 3.63) is 47.5 Å². The van der Waals surface area contributed by atoms with Gasteiger partial charge in [0.05, 0.1) is 19.4 Å². The fourth-order valence-electron chi connectivity index (χ4n) is 5.18. The number of aliphatic carboxylic acids is 2. The molecular formula is C31H42N2O7S. The third-order valence-corrected chi connectivity index (χ3v) is 8.84. The van der Waals surface area contributed by atoms with Crippen molar-refractivity contribution in [2.24, 2.45) is 0 Å². The van der Waals surface area contributed by atoms with Crippen LogP contribution in [0.15, 0.2) is 41.3 Å². The van der Waals surface area contributed by atoms with E-state index in [1.807, 2.05) is 31.3 Å². The van der Waals surface area contributed by atoms with E-state index < -0.39 is 11.9 Å². The lowest BCUT2D eigenvalue weighted by atomic mass is 9.94. The van der Waals surface area contributed by atoms with Crippen molar-refractivity contribution in [3.8, 4) is 11.5 Å². The van der Waals surface area contributed by atoms with Crippen molar-refractivity contribution < 1.29 is 34.1 Å². The molecule has 2 aromatic carbocycles. The molecule has 1 aliphatic carbocycles. The summed E-state index contributed by atoms with van der Waals surface area (Å²) in [6, 6.07) is 12.8. The summed E-state index contributed by atoms with van der Waals surface area (Å²) < 4.78 is 11.7. The maximum Gasteiger partial charge on any atom is 0.414 e. The van der Waals surface area contributed by atoms with Crippen LogP contribution < -0.4 is 14.4 Å². The Balaban J connectivity index is 0.000000696. The van der Waals surface area contributed by atoms with E-state index in [0.717, 1.165) is 53.1 Å². The minimum atomic E-state index is -1.82. The number of carbonyl (C=O) groups excluding carboxylic acids is 1. The summed E-state index contributed by atoms with van der Waals surface area (Å²) in [4.78, 5) is 37.0. The summed E-state index contributed by atoms with van der Waals surface area (Å²) in [7, 11) is 5.80. The van der Waals surface area contributed by atoms with E-state index in [4.69, 9.17) is 29.3 Å². The quantitative estimate of drug-likeness (QED) is 0.264. The molecule has 9 nitrogen and oxygen atoms in total. The molecule has 1 amide bonds. The Morgan fingerprint density at radius 3 is 2.39 bits per heavy atom. The van der Waals surface area contributed by atoms with E-state index in [-0.39, 0.29) is 11.2 Å². The highest BCUT2D eigenvalue weighted by atomic mass is 32.2. The molecular weight excluding hydrogens is 544 g/mol. The number of unbranched alkanes of at least 4 members (excludes halogenated alkanes) is 2. The fourth-order valence-corrected chi connectivity index (χ4v) is 6.58. The van der Waals surface area contributed by atoms with Crippen molar-refractivity contribution in [1.29, 1.82) is 0 Å². The van der Waals surface area contributed by atoms with Gasteiger partial charge in [-0.2, -0.15) is 0 Å². The van der Waals surface area contributed by atoms with E-state index in [9.17, 15) is 4.79 Å². The predicted octanol–water partition coefficient (Wildman–Crippen LogP) is 5.78. The number of benzene rings is 2. The maximum absolute atomic E-state index is 13.3. The lowest BCUT2D eigenvalue weighted by Crippen LogP contribution is -2.34. The number of aryl methyl sites for hydroxylation is 1. The van der Waals surface area contributed by atoms with Crippen LogP contribution in [0.4, 0.5) is 5.69 Å². The zero-order valence-electron chi connectivity index (χ0n) is 24.4. The second-order valence-electron chi connectivity index (χ2n) is 10.6. The number of amides is 1. The van der Waals surface area contributed by atoms with Crippen LogP contribution in [0.2, 0.25) is 0 Å². The van der Waals surface area contributed by atoms with Gasteiger partial charge in [-0.25, -0.2) is 9.59 Å². The molecule has 0 bridgehead atoms. The van der Waals surface area contributed by atoms with Gasteiger partial charge in [0.2, 0.25) is 5.91 Å². The Morgan fingerprint density at radius 1 is 1.02 bits per heavy atom. The molecule has 0 aromatic heterocycles. The number of carbonyl (C=O) groups is 3. The van der Waals surface area contributed by atoms with E-state index in [2.05, 4.69) is 31.0 Å². The first-order chi connectivity index (χ1) is 19.6. The molecule has 0 spiro atoms. The molecule has 1 fully saturated rings. The van der Waals surface area contributed by atoms with Crippen molar-refractivity contribution >= 4 is 35.3 Å². The lowest BCUT2D eigenvalue weighted by Gasteiger charge is -2.32. The van der Waals surface area contributed by atoms with Crippen LogP contribution in [0.3, 0.4) is 0 Å². The monoisotopic (exact) mass is 586 g/mol. The molecule has 224 valence electrons. The van der Waals surface area contributed by atoms with Crippen LogP contribution in [0, 0.1) is 6.92 Å². The van der Waals surface area contributed by atoms with Gasteiger partial charge in [0, 0.05) is 23.5 Å². The summed E-state index contributed by atoms with van der Waals surface area (Å²) in [6.45, 7) is 3.90. The number of rotatable bonds is 10. The number of hydrogen-bond acceptors (Lipinski definition) is 7. The molecule has 1 unspecified atom stereocenters. The van der Waals surface area contributed by atoms with Crippen molar-refractivity contribution in [3.63, 3.8) is 0 Å². The first-order valence-corrected chi connectivity index (χ1v) is 15.0. The lowest BCUT2D eigenvalue weighted by molar-refractivity contribution is -0.159. The summed E-state index contributed by atoms with van der Waals surface area (Å²) in [5, 5.41) is 14.4. The highest BCUT2D eigenvalue weighted by Crippen LogP contribution is 2.49. The Bertz CT molecular complexity index is 1190. The number of thioether (sulfide) groups is 1. The molecule has 4 rings (SSSR count). The summed E-state index contributed by atoms with van der Waals surface area (Å²) >= 11 is 1.60. The van der Waals surface area contributed by atoms with E-state index >= 15 is 0 Å². The van der Waals surface area contributed by atoms with Gasteiger partial charge in [0.15, 0.2) is 0 Å². The number of hydrogen-bond donors (Lipinski definition) is 2. The Kier molecular flexibility index (Phi) is 12.3. The standard InChI is InChI=1S/C29H40N2O3S.C2H2O4/c1-21-13-15-25-27(19-21)35-28(29(32)31(25)3)24-20-23(33-4)14-16-26(24)34-18-10-6-9-17-30(2)22-11-7-5-8-12-22;3-1(4)2(5)6/h13-16,19-20,22,28H,5-12,17-18H2,1-4H3;(H,3,4)(H,5,6). The number of carboxylic acids is 2. The maximum atomic E-state index is 13.3. The second-order valence-corrected chi connectivity index (χ2v) is 11.7. The van der Waals surface area contributed by atoms with Gasteiger partial charge in [-0.05, 0) is 88.5 Å². The summed E-state index contributed by atoms with van der Waals surface area (Å²) in [5.74, 6) is -2.06. The molecule has 0 saturated heterocycles. The largest absolute Gasteiger partial charge is 0.497 e. The summed E-state index contributed by atoms with van der Waals surface area (Å²) in [5.41, 5.74) is 3.04. The smallest absolute Gasteiger partial charge is 0.414 e. The Hall–Kier alpha value is -3.24. The number of methoxy groups -OCH3 is 1. The van der Waals surface area contributed by atoms with Gasteiger partial charge in [0.1, 0.15) is 16.7 Å². The van der Waals surface area contributed by atoms with Gasteiger partial charge in [0.25, 0.3) is 0 Å². The van der Waals surface area contributed by atoms with Crippen LogP contribution in [-0.2, 0) is 14.4 Å². The molecule has 41 heavy (non-hydrogen) atoms. The first kappa shape index (κ1) is 32.3. The zero-order chi connectivity index (χ0) is 29.9. The molecule has 1 saturated carbocycles. The molecule has 1 heterocycles. The number of anilines is 1. The molecule has 2 aromatic rings. The van der Waals surface area contributed by atoms with Crippen LogP contribution in [0.1, 0.15) is 67.7 Å². The van der Waals surface area contributed by atoms with Gasteiger partial charge >= 0.3 is 11.9 Å². The summed E-state index contributed by atoms with van der Waals surface area (Å²) in [6.07, 6.45) is 10.2. The Morgan fingerprint density at radius 2 is 1.73 bits per heavy atom. The van der Waals surface area contributed by atoms with E-state index in [0.29, 0.717) is 6.61 Å². The SMILES string of the molecule is COc1ccc(OCCCCCN(C)C2CCCCC2)c(C2Sc3cc(C)ccc3N(C)C2=O)c1.O=C(O)C(=O)O. The van der Waals surface area contributed by atoms with Crippen LogP contribution >= 0.6 is 11.8 Å². The minimum absolute atomic E-state index is 0.0650. The molecule has 10 heteroatoms. The van der Waals surface area contributed by atoms with Crippen molar-refractivity contribution in [2.75, 3.05) is 39.3 Å². The highest BCUT2D eigenvalue weighted by Gasteiger charge is 2.34. The second kappa shape index (κ2) is 15.7. The minimum Gasteiger partial charge on any atom is -0.497 e. The molecule has 1 aliphatic heterocycles. The van der Waals surface area contributed by atoms with Crippen molar-refractivity contribution in [2.45, 2.75) is 74.5 Å². The van der Waals surface area contributed by atoms with Gasteiger partial charge in [-0.15, -0.1) is 11.8 Å². The Labute approximate surface area is 246 Å². The van der Waals surface area contributed by atoms with Gasteiger partial charge in [-0.3, -0.25) is 4.79 Å². The van der Waals surface area contributed by atoms with Gasteiger partial charge in [-0.1, -0.05) is 25.3 Å².